The van der Waals surface area contributed by atoms with Gasteiger partial charge in [-0.15, -0.1) is 0 Å². The number of amides is 1. The normalized spacial score (nSPS) is 12.8. The molecule has 6 heteroatoms. The monoisotopic (exact) mass is 998 g/mol. The summed E-state index contributed by atoms with van der Waals surface area (Å²) in [5, 5.41) is 23.2. The van der Waals surface area contributed by atoms with Gasteiger partial charge in [0.15, 0.2) is 0 Å². The smallest absolute Gasteiger partial charge is 0.305 e. The summed E-state index contributed by atoms with van der Waals surface area (Å²) in [6, 6.07) is -0.650. The van der Waals surface area contributed by atoms with E-state index in [2.05, 4.69) is 43.5 Å². The van der Waals surface area contributed by atoms with Crippen LogP contribution in [-0.4, -0.2) is 47.4 Å². The molecule has 0 radical (unpaired) electrons. The molecule has 6 nitrogen and oxygen atoms in total. The van der Waals surface area contributed by atoms with Gasteiger partial charge >= 0.3 is 5.97 Å². The third-order valence-corrected chi connectivity index (χ3v) is 14.6. The molecule has 1 amide bonds. The molecule has 0 aliphatic carbocycles. The maximum absolute atomic E-state index is 12.5. The fourth-order valence-corrected chi connectivity index (χ4v) is 9.74. The zero-order chi connectivity index (χ0) is 51.4. The van der Waals surface area contributed by atoms with E-state index in [1.807, 2.05) is 6.08 Å². The third kappa shape index (κ3) is 57.2. The van der Waals surface area contributed by atoms with Crippen LogP contribution in [0.25, 0.3) is 0 Å². The lowest BCUT2D eigenvalue weighted by Gasteiger charge is -2.19. The highest BCUT2D eigenvalue weighted by Crippen LogP contribution is 2.17. The molecule has 0 heterocycles. The highest BCUT2D eigenvalue weighted by Gasteiger charge is 2.18. The summed E-state index contributed by atoms with van der Waals surface area (Å²) >= 11 is 0. The zero-order valence-corrected chi connectivity index (χ0v) is 47.7. The maximum atomic E-state index is 12.5. The zero-order valence-electron chi connectivity index (χ0n) is 47.7. The lowest BCUT2D eigenvalue weighted by atomic mass is 10.0. The van der Waals surface area contributed by atoms with Crippen molar-refractivity contribution in [1.29, 1.82) is 0 Å². The predicted molar refractivity (Wildman–Crippen MR) is 310 cm³/mol. The van der Waals surface area contributed by atoms with Gasteiger partial charge in [0.2, 0.25) is 5.91 Å². The van der Waals surface area contributed by atoms with Crippen LogP contribution in [0.4, 0.5) is 0 Å². The molecule has 0 bridgehead atoms. The van der Waals surface area contributed by atoms with Gasteiger partial charge in [0, 0.05) is 12.8 Å². The van der Waals surface area contributed by atoms with E-state index in [-0.39, 0.29) is 18.5 Å². The van der Waals surface area contributed by atoms with Crippen LogP contribution >= 0.6 is 0 Å². The molecule has 0 saturated heterocycles. The lowest BCUT2D eigenvalue weighted by molar-refractivity contribution is -0.143. The number of carbonyl (C=O) groups excluding carboxylic acids is 2. The number of unbranched alkanes of at least 4 members (excludes halogenated alkanes) is 44. The van der Waals surface area contributed by atoms with Crippen LogP contribution < -0.4 is 5.32 Å². The van der Waals surface area contributed by atoms with E-state index < -0.39 is 12.1 Å². The van der Waals surface area contributed by atoms with Crippen LogP contribution in [0.3, 0.4) is 0 Å². The minimum Gasteiger partial charge on any atom is -0.466 e. The van der Waals surface area contributed by atoms with Gasteiger partial charge in [-0.2, -0.15) is 0 Å². The van der Waals surface area contributed by atoms with Crippen molar-refractivity contribution >= 4 is 11.9 Å². The Balaban J connectivity index is 3.51. The van der Waals surface area contributed by atoms with Gasteiger partial charge in [-0.25, -0.2) is 0 Å². The quantitative estimate of drug-likeness (QED) is 0.0321. The summed E-state index contributed by atoms with van der Waals surface area (Å²) in [7, 11) is 0. The Morgan fingerprint density at radius 3 is 1.01 bits per heavy atom. The SMILES string of the molecule is CCCCCCCC/C=C\CCCCCCCCCC(=O)OCCCCCCCC/C=C\CCCCCC(=O)NC(CO)C(O)/C=C/CCCCCCCCCCCCCCCCCCCCCCCC. The van der Waals surface area contributed by atoms with Crippen molar-refractivity contribution in [3.05, 3.63) is 36.5 Å². The summed E-state index contributed by atoms with van der Waals surface area (Å²) in [4.78, 5) is 24.6. The van der Waals surface area contributed by atoms with Crippen molar-refractivity contribution in [2.24, 2.45) is 0 Å². The first-order valence-electron chi connectivity index (χ1n) is 31.8. The first-order valence-corrected chi connectivity index (χ1v) is 31.8. The van der Waals surface area contributed by atoms with Crippen LogP contribution in [0.15, 0.2) is 36.5 Å². The van der Waals surface area contributed by atoms with E-state index in [1.54, 1.807) is 6.08 Å². The van der Waals surface area contributed by atoms with Crippen molar-refractivity contribution in [3.63, 3.8) is 0 Å². The molecule has 418 valence electrons. The van der Waals surface area contributed by atoms with Crippen LogP contribution in [0.1, 0.15) is 341 Å². The second-order valence-electron chi connectivity index (χ2n) is 21.7. The van der Waals surface area contributed by atoms with Crippen molar-refractivity contribution in [3.8, 4) is 0 Å². The number of hydrogen-bond donors (Lipinski definition) is 3. The number of carbonyl (C=O) groups is 2. The molecule has 2 unspecified atom stereocenters. The Morgan fingerprint density at radius 2 is 0.662 bits per heavy atom. The summed E-state index contributed by atoms with van der Waals surface area (Å²) < 4.78 is 5.47. The molecule has 2 atom stereocenters. The molecule has 0 saturated carbocycles. The Bertz CT molecular complexity index is 1150. The van der Waals surface area contributed by atoms with Crippen molar-refractivity contribution in [1.82, 2.24) is 5.32 Å². The van der Waals surface area contributed by atoms with Crippen molar-refractivity contribution in [2.75, 3.05) is 13.2 Å². The predicted octanol–water partition coefficient (Wildman–Crippen LogP) is 20.0. The molecule has 71 heavy (non-hydrogen) atoms. The molecule has 3 N–H and O–H groups in total. The average molecular weight is 999 g/mol. The molecule has 0 aromatic carbocycles. The summed E-state index contributed by atoms with van der Waals surface area (Å²) in [5.41, 5.74) is 0. The number of esters is 1. The van der Waals surface area contributed by atoms with Gasteiger partial charge in [-0.3, -0.25) is 9.59 Å². The minimum atomic E-state index is -0.864. The number of aliphatic hydroxyl groups excluding tert-OH is 2. The van der Waals surface area contributed by atoms with E-state index in [4.69, 9.17) is 4.74 Å². The summed E-state index contributed by atoms with van der Waals surface area (Å²) in [5.74, 6) is -0.112. The first kappa shape index (κ1) is 69.1. The topological polar surface area (TPSA) is 95.9 Å². The molecule has 0 aromatic heterocycles. The highest BCUT2D eigenvalue weighted by molar-refractivity contribution is 5.76. The number of nitrogens with one attached hydrogen (secondary N) is 1. The largest absolute Gasteiger partial charge is 0.466 e. The molecule has 0 fully saturated rings. The number of ether oxygens (including phenoxy) is 1. The number of rotatable bonds is 59. The summed E-state index contributed by atoms with van der Waals surface area (Å²) in [6.45, 7) is 4.88. The Morgan fingerprint density at radius 1 is 0.380 bits per heavy atom. The molecule has 0 aromatic rings. The fourth-order valence-electron chi connectivity index (χ4n) is 9.74. The van der Waals surface area contributed by atoms with Crippen molar-refractivity contribution in [2.45, 2.75) is 353 Å². The van der Waals surface area contributed by atoms with Crippen LogP contribution in [0.2, 0.25) is 0 Å². The molecular formula is C65H123NO5. The highest BCUT2D eigenvalue weighted by atomic mass is 16.5. The fraction of sp³-hybridized carbons (Fsp3) is 0.877. The maximum Gasteiger partial charge on any atom is 0.305 e. The Hall–Kier alpha value is -1.92. The van der Waals surface area contributed by atoms with Gasteiger partial charge < -0.3 is 20.3 Å². The van der Waals surface area contributed by atoms with Crippen LogP contribution in [0.5, 0.6) is 0 Å². The number of hydrogen-bond acceptors (Lipinski definition) is 5. The first-order chi connectivity index (χ1) is 35.0. The van der Waals surface area contributed by atoms with E-state index in [1.165, 1.54) is 244 Å². The molecule has 0 spiro atoms. The van der Waals surface area contributed by atoms with Crippen molar-refractivity contribution < 1.29 is 24.5 Å². The molecule has 0 aliphatic heterocycles. The van der Waals surface area contributed by atoms with Gasteiger partial charge in [0.05, 0.1) is 25.4 Å². The van der Waals surface area contributed by atoms with Gasteiger partial charge in [0.1, 0.15) is 0 Å². The van der Waals surface area contributed by atoms with Crippen LogP contribution in [-0.2, 0) is 14.3 Å². The number of allylic oxidation sites excluding steroid dienone is 5. The molecular weight excluding hydrogens is 875 g/mol. The van der Waals surface area contributed by atoms with Gasteiger partial charge in [0.25, 0.3) is 0 Å². The second kappa shape index (κ2) is 60.6. The average Bonchev–Trinajstić information content (AvgIpc) is 3.37. The molecule has 0 rings (SSSR count). The van der Waals surface area contributed by atoms with Gasteiger partial charge in [-0.05, 0) is 83.5 Å². The molecule has 0 aliphatic rings. The van der Waals surface area contributed by atoms with E-state index in [0.717, 1.165) is 70.6 Å². The lowest BCUT2D eigenvalue weighted by Crippen LogP contribution is -2.45. The number of aliphatic hydroxyl groups is 2. The Labute approximate surface area is 443 Å². The van der Waals surface area contributed by atoms with Crippen LogP contribution in [0, 0.1) is 0 Å². The summed E-state index contributed by atoms with van der Waals surface area (Å²) in [6.07, 6.45) is 76.1. The van der Waals surface area contributed by atoms with E-state index in [0.29, 0.717) is 19.4 Å². The second-order valence-corrected chi connectivity index (χ2v) is 21.7. The van der Waals surface area contributed by atoms with Gasteiger partial charge in [-0.1, -0.05) is 281 Å². The minimum absolute atomic E-state index is 0.0168. The standard InChI is InChI=1S/C65H123NO5/c1-3-5-7-9-11-13-15-17-19-21-22-23-24-25-26-27-29-30-33-37-41-45-49-53-57-63(68)62(61-67)66-64(69)58-54-50-46-42-38-34-32-36-40-44-48-52-56-60-71-65(70)59-55-51-47-43-39-35-31-28-20-18-16-14-12-10-8-6-4-2/h18,20,34,38,53,57,62-63,67-68H,3-17,19,21-33,35-37,39-52,54-56,58-61H2,1-2H3,(H,66,69)/b20-18-,38-34-,57-53+. The van der Waals surface area contributed by atoms with E-state index >= 15 is 0 Å². The Kier molecular flexibility index (Phi) is 59.0. The third-order valence-electron chi connectivity index (χ3n) is 14.6. The van der Waals surface area contributed by atoms with E-state index in [9.17, 15) is 19.8 Å².